The van der Waals surface area contributed by atoms with Gasteiger partial charge in [0.1, 0.15) is 11.0 Å². The number of ether oxygens (including phenoxy) is 1. The minimum atomic E-state index is -1.39. The van der Waals surface area contributed by atoms with Crippen molar-refractivity contribution >= 4 is 62.5 Å². The Morgan fingerprint density at radius 3 is 2.56 bits per heavy atom. The Morgan fingerprint density at radius 1 is 1.26 bits per heavy atom. The van der Waals surface area contributed by atoms with Crippen molar-refractivity contribution in [1.82, 2.24) is 0 Å². The number of esters is 1. The smallest absolute Gasteiger partial charge is 0.339 e. The van der Waals surface area contributed by atoms with Crippen molar-refractivity contribution in [3.05, 3.63) is 57.0 Å². The average molecular weight is 489 g/mol. The topological polar surface area (TPSA) is 55.7 Å². The van der Waals surface area contributed by atoms with Crippen LogP contribution in [-0.2, 0) is 15.7 Å². The molecule has 4 nitrogen and oxygen atoms in total. The summed E-state index contributed by atoms with van der Waals surface area (Å²) in [4.78, 5) is 13.5. The van der Waals surface area contributed by atoms with E-state index in [0.717, 1.165) is 4.47 Å². The number of carbonyl (C=O) groups excluding carboxylic acids is 1. The standard InChI is InChI=1S/C19H19BrClNO3S2/c1-19(2,3)27(24)22-11-12-9-10-14(20)16(21)17(12)26-15-8-6-5-7-13(15)18(23)25-4/h5-11H,1-4H3/b22-11+. The highest BCUT2D eigenvalue weighted by molar-refractivity contribution is 9.10. The molecule has 0 amide bonds. The van der Waals surface area contributed by atoms with E-state index in [1.807, 2.05) is 39.0 Å². The molecule has 0 fully saturated rings. The van der Waals surface area contributed by atoms with E-state index in [4.69, 9.17) is 16.3 Å². The molecule has 2 aromatic carbocycles. The summed E-state index contributed by atoms with van der Waals surface area (Å²) >= 11 is 11.3. The van der Waals surface area contributed by atoms with Crippen molar-refractivity contribution in [1.29, 1.82) is 0 Å². The molecule has 0 radical (unpaired) electrons. The second-order valence-electron chi connectivity index (χ2n) is 6.47. The molecule has 2 aromatic rings. The van der Waals surface area contributed by atoms with Gasteiger partial charge < -0.3 is 4.74 Å². The number of methoxy groups -OCH3 is 1. The molecule has 144 valence electrons. The lowest BCUT2D eigenvalue weighted by molar-refractivity contribution is 0.0597. The van der Waals surface area contributed by atoms with E-state index in [1.54, 1.807) is 24.4 Å². The highest BCUT2D eigenvalue weighted by atomic mass is 79.9. The molecular formula is C19H19BrClNO3S2. The molecule has 0 bridgehead atoms. The summed E-state index contributed by atoms with van der Waals surface area (Å²) in [5.41, 5.74) is 1.16. The molecule has 0 aliphatic carbocycles. The summed E-state index contributed by atoms with van der Waals surface area (Å²) in [6.07, 6.45) is 1.56. The molecule has 27 heavy (non-hydrogen) atoms. The number of benzene rings is 2. The third-order valence-corrected chi connectivity index (χ3v) is 7.35. The first kappa shape index (κ1) is 22.1. The number of rotatable bonds is 5. The van der Waals surface area contributed by atoms with E-state index >= 15 is 0 Å². The first-order valence-corrected chi connectivity index (χ1v) is 11.0. The zero-order chi connectivity index (χ0) is 20.2. The lowest BCUT2D eigenvalue weighted by Crippen LogP contribution is -2.19. The van der Waals surface area contributed by atoms with Gasteiger partial charge in [-0.05, 0) is 54.9 Å². The maximum Gasteiger partial charge on any atom is 0.339 e. The van der Waals surface area contributed by atoms with Crippen molar-refractivity contribution < 1.29 is 13.7 Å². The van der Waals surface area contributed by atoms with E-state index in [1.165, 1.54) is 18.9 Å². The number of halogens is 2. The summed E-state index contributed by atoms with van der Waals surface area (Å²) in [6, 6.07) is 10.8. The SMILES string of the molecule is COC(=O)c1ccccc1Sc1c(/C=N/S(=O)C(C)(C)C)ccc(Br)c1Cl. The molecule has 0 saturated carbocycles. The van der Waals surface area contributed by atoms with Crippen LogP contribution in [0.2, 0.25) is 5.02 Å². The maximum absolute atomic E-state index is 12.2. The van der Waals surface area contributed by atoms with Gasteiger partial charge in [0.05, 0.1) is 22.4 Å². The summed E-state index contributed by atoms with van der Waals surface area (Å²) in [5.74, 6) is -0.423. The van der Waals surface area contributed by atoms with Crippen LogP contribution < -0.4 is 0 Å². The molecule has 0 aromatic heterocycles. The number of hydrogen-bond acceptors (Lipinski definition) is 4. The van der Waals surface area contributed by atoms with E-state index in [-0.39, 0.29) is 0 Å². The zero-order valence-corrected chi connectivity index (χ0v) is 19.3. The van der Waals surface area contributed by atoms with Crippen LogP contribution in [-0.4, -0.2) is 28.2 Å². The van der Waals surface area contributed by atoms with Gasteiger partial charge in [0.25, 0.3) is 0 Å². The number of carbonyl (C=O) groups is 1. The number of hydrogen-bond donors (Lipinski definition) is 0. The van der Waals surface area contributed by atoms with Gasteiger partial charge in [-0.2, -0.15) is 4.40 Å². The van der Waals surface area contributed by atoms with Crippen molar-refractivity contribution in [3.63, 3.8) is 0 Å². The van der Waals surface area contributed by atoms with Gasteiger partial charge >= 0.3 is 5.97 Å². The minimum absolute atomic E-state index is 0.423. The Labute approximate surface area is 179 Å². The van der Waals surface area contributed by atoms with Gasteiger partial charge in [0.15, 0.2) is 0 Å². The van der Waals surface area contributed by atoms with Crippen LogP contribution in [0.3, 0.4) is 0 Å². The van der Waals surface area contributed by atoms with Crippen LogP contribution in [0, 0.1) is 0 Å². The summed E-state index contributed by atoms with van der Waals surface area (Å²) < 4.78 is 21.5. The second kappa shape index (κ2) is 9.37. The Morgan fingerprint density at radius 2 is 1.93 bits per heavy atom. The highest BCUT2D eigenvalue weighted by Gasteiger charge is 2.20. The van der Waals surface area contributed by atoms with Crippen LogP contribution in [0.25, 0.3) is 0 Å². The van der Waals surface area contributed by atoms with Gasteiger partial charge in [-0.25, -0.2) is 9.00 Å². The zero-order valence-electron chi connectivity index (χ0n) is 15.3. The molecule has 0 saturated heterocycles. The molecular weight excluding hydrogens is 470 g/mol. The third-order valence-electron chi connectivity index (χ3n) is 3.40. The third kappa shape index (κ3) is 5.67. The Balaban J connectivity index is 2.49. The second-order valence-corrected chi connectivity index (χ2v) is 10.7. The monoisotopic (exact) mass is 487 g/mol. The van der Waals surface area contributed by atoms with Crippen molar-refractivity contribution in [3.8, 4) is 0 Å². The Bertz CT molecular complexity index is 910. The molecule has 1 unspecified atom stereocenters. The summed E-state index contributed by atoms with van der Waals surface area (Å²) in [5, 5.41) is 0.491. The van der Waals surface area contributed by atoms with E-state index < -0.39 is 21.7 Å². The predicted octanol–water partition coefficient (Wildman–Crippen LogP) is 5.92. The van der Waals surface area contributed by atoms with Crippen LogP contribution in [0.5, 0.6) is 0 Å². The van der Waals surface area contributed by atoms with Gasteiger partial charge in [-0.3, -0.25) is 0 Å². The minimum Gasteiger partial charge on any atom is -0.465 e. The summed E-state index contributed by atoms with van der Waals surface area (Å²) in [7, 11) is -0.0434. The van der Waals surface area contributed by atoms with Crippen molar-refractivity contribution in [2.75, 3.05) is 7.11 Å². The van der Waals surface area contributed by atoms with Gasteiger partial charge in [-0.1, -0.05) is 41.6 Å². The lowest BCUT2D eigenvalue weighted by Gasteiger charge is -2.14. The Hall–Kier alpha value is -1.15. The van der Waals surface area contributed by atoms with Crippen LogP contribution in [0.15, 0.2) is 55.1 Å². The van der Waals surface area contributed by atoms with Gasteiger partial charge in [0, 0.05) is 26.0 Å². The van der Waals surface area contributed by atoms with E-state index in [9.17, 15) is 9.00 Å². The van der Waals surface area contributed by atoms with Crippen LogP contribution >= 0.6 is 39.3 Å². The van der Waals surface area contributed by atoms with Crippen LogP contribution in [0.1, 0.15) is 36.7 Å². The van der Waals surface area contributed by atoms with Gasteiger partial charge in [0.2, 0.25) is 0 Å². The predicted molar refractivity (Wildman–Crippen MR) is 117 cm³/mol. The van der Waals surface area contributed by atoms with Crippen molar-refractivity contribution in [2.45, 2.75) is 35.3 Å². The van der Waals surface area contributed by atoms with Gasteiger partial charge in [-0.15, -0.1) is 0 Å². The average Bonchev–Trinajstić information content (AvgIpc) is 2.63. The largest absolute Gasteiger partial charge is 0.465 e. The molecule has 0 aliphatic heterocycles. The molecule has 8 heteroatoms. The molecule has 2 rings (SSSR count). The molecule has 0 heterocycles. The number of nitrogens with zero attached hydrogens (tertiary/aromatic N) is 1. The first-order chi connectivity index (χ1) is 12.6. The van der Waals surface area contributed by atoms with Crippen LogP contribution in [0.4, 0.5) is 0 Å². The van der Waals surface area contributed by atoms with E-state index in [0.29, 0.717) is 25.9 Å². The molecule has 0 N–H and O–H groups in total. The first-order valence-electron chi connectivity index (χ1n) is 7.94. The maximum atomic E-state index is 12.2. The normalized spacial score (nSPS) is 13.0. The van der Waals surface area contributed by atoms with E-state index in [2.05, 4.69) is 20.3 Å². The van der Waals surface area contributed by atoms with Crippen molar-refractivity contribution in [2.24, 2.45) is 4.40 Å². The molecule has 0 spiro atoms. The fourth-order valence-electron chi connectivity index (χ4n) is 1.96. The molecule has 0 aliphatic rings. The Kier molecular flexibility index (Phi) is 7.68. The fourth-order valence-corrected chi connectivity index (χ4v) is 4.30. The summed E-state index contributed by atoms with van der Waals surface area (Å²) in [6.45, 7) is 5.58. The fraction of sp³-hybridized carbons (Fsp3) is 0.263. The quantitative estimate of drug-likeness (QED) is 0.387. The molecule has 1 atom stereocenters. The lowest BCUT2D eigenvalue weighted by atomic mass is 10.2. The highest BCUT2D eigenvalue weighted by Crippen LogP contribution is 2.40.